The maximum atomic E-state index is 11.3. The number of aliphatic hydroxyl groups is 1. The fraction of sp³-hybridized carbons (Fsp3) is 0.500. The number of hydrogen-bond donors (Lipinski definition) is 3. The molecule has 0 aliphatic heterocycles. The molecule has 1 atom stereocenters. The summed E-state index contributed by atoms with van der Waals surface area (Å²) in [5.74, 6) is 0.147. The van der Waals surface area contributed by atoms with Crippen LogP contribution >= 0.6 is 0 Å². The number of nitrogen functional groups attached to an aromatic ring is 1. The van der Waals surface area contributed by atoms with E-state index in [9.17, 15) is 13.5 Å². The summed E-state index contributed by atoms with van der Waals surface area (Å²) in [5, 5.41) is 12.7. The first-order valence-electron chi connectivity index (χ1n) is 5.73. The van der Waals surface area contributed by atoms with Crippen molar-refractivity contribution in [1.29, 1.82) is 0 Å². The second kappa shape index (κ2) is 5.58. The highest BCUT2D eigenvalue weighted by Gasteiger charge is 2.12. The van der Waals surface area contributed by atoms with Gasteiger partial charge in [0.05, 0.1) is 22.4 Å². The summed E-state index contributed by atoms with van der Waals surface area (Å²) in [6.45, 7) is 4.21. The Morgan fingerprint density at radius 2 is 2.00 bits per heavy atom. The van der Waals surface area contributed by atoms with Gasteiger partial charge >= 0.3 is 0 Å². The number of rotatable bonds is 5. The summed E-state index contributed by atoms with van der Waals surface area (Å²) >= 11 is 0. The van der Waals surface area contributed by atoms with Crippen LogP contribution in [0.15, 0.2) is 23.1 Å². The molecule has 0 radical (unpaired) electrons. The predicted octanol–water partition coefficient (Wildman–Crippen LogP) is 1.10. The lowest BCUT2D eigenvalue weighted by Crippen LogP contribution is -2.25. The summed E-state index contributed by atoms with van der Waals surface area (Å²) in [6.07, 6.45) is 0.663. The van der Waals surface area contributed by atoms with Gasteiger partial charge in [0.25, 0.3) is 0 Å². The Morgan fingerprint density at radius 3 is 2.44 bits per heavy atom. The molecular weight excluding hydrogens is 252 g/mol. The zero-order valence-corrected chi connectivity index (χ0v) is 11.7. The molecule has 0 spiro atoms. The van der Waals surface area contributed by atoms with Gasteiger partial charge in [0.1, 0.15) is 0 Å². The molecule has 0 saturated heterocycles. The Balaban J connectivity index is 2.81. The number of benzene rings is 1. The van der Waals surface area contributed by atoms with Gasteiger partial charge in [-0.2, -0.15) is 0 Å². The second-order valence-corrected chi connectivity index (χ2v) is 6.73. The molecule has 0 aliphatic rings. The van der Waals surface area contributed by atoms with E-state index in [-0.39, 0.29) is 10.8 Å². The zero-order valence-electron chi connectivity index (χ0n) is 10.8. The fourth-order valence-electron chi connectivity index (χ4n) is 1.38. The van der Waals surface area contributed by atoms with E-state index in [4.69, 9.17) is 5.73 Å². The van der Waals surface area contributed by atoms with Gasteiger partial charge in [0.15, 0.2) is 9.84 Å². The van der Waals surface area contributed by atoms with Crippen molar-refractivity contribution in [2.24, 2.45) is 5.92 Å². The van der Waals surface area contributed by atoms with Crippen molar-refractivity contribution in [3.05, 3.63) is 18.2 Å². The average Bonchev–Trinajstić information content (AvgIpc) is 2.25. The molecule has 0 saturated carbocycles. The lowest BCUT2D eigenvalue weighted by Gasteiger charge is -2.17. The Hall–Kier alpha value is -1.27. The minimum atomic E-state index is -3.24. The molecule has 0 aromatic heterocycles. The molecule has 1 aromatic carbocycles. The summed E-state index contributed by atoms with van der Waals surface area (Å²) in [6, 6.07) is 4.52. The predicted molar refractivity (Wildman–Crippen MR) is 73.3 cm³/mol. The van der Waals surface area contributed by atoms with Gasteiger partial charge in [-0.1, -0.05) is 13.8 Å². The van der Waals surface area contributed by atoms with E-state index in [1.54, 1.807) is 6.07 Å². The average molecular weight is 272 g/mol. The largest absolute Gasteiger partial charge is 0.397 e. The summed E-state index contributed by atoms with van der Waals surface area (Å²) in [4.78, 5) is 0.190. The summed E-state index contributed by atoms with van der Waals surface area (Å²) in [5.41, 5.74) is 6.75. The molecule has 0 amide bonds. The number of hydrogen-bond acceptors (Lipinski definition) is 5. The molecule has 5 nitrogen and oxygen atoms in total. The zero-order chi connectivity index (χ0) is 13.9. The number of sulfone groups is 1. The van der Waals surface area contributed by atoms with Crippen molar-refractivity contribution in [3.8, 4) is 0 Å². The fourth-order valence-corrected chi connectivity index (χ4v) is 2.04. The molecule has 6 heteroatoms. The summed E-state index contributed by atoms with van der Waals surface area (Å²) in [7, 11) is -3.24. The highest BCUT2D eigenvalue weighted by molar-refractivity contribution is 7.90. The molecule has 0 heterocycles. The van der Waals surface area contributed by atoms with Gasteiger partial charge < -0.3 is 16.2 Å². The van der Waals surface area contributed by atoms with E-state index in [2.05, 4.69) is 5.32 Å². The van der Waals surface area contributed by atoms with E-state index in [0.29, 0.717) is 17.9 Å². The second-order valence-electron chi connectivity index (χ2n) is 4.71. The quantitative estimate of drug-likeness (QED) is 0.698. The van der Waals surface area contributed by atoms with Crippen LogP contribution in [-0.2, 0) is 9.84 Å². The van der Waals surface area contributed by atoms with Crippen molar-refractivity contribution in [1.82, 2.24) is 0 Å². The number of nitrogens with one attached hydrogen (secondary N) is 1. The third-order valence-electron chi connectivity index (χ3n) is 2.72. The molecule has 0 fully saturated rings. The van der Waals surface area contributed by atoms with Crippen molar-refractivity contribution < 1.29 is 13.5 Å². The number of nitrogens with two attached hydrogens (primary N) is 1. The van der Waals surface area contributed by atoms with E-state index in [1.807, 2.05) is 13.8 Å². The third kappa shape index (κ3) is 3.89. The minimum absolute atomic E-state index is 0.147. The molecule has 0 bridgehead atoms. The first kappa shape index (κ1) is 14.8. The molecular formula is C12H20N2O3S. The number of aliphatic hydroxyl groups excluding tert-OH is 1. The van der Waals surface area contributed by atoms with Gasteiger partial charge in [-0.25, -0.2) is 8.42 Å². The monoisotopic (exact) mass is 272 g/mol. The smallest absolute Gasteiger partial charge is 0.175 e. The van der Waals surface area contributed by atoms with Crippen molar-refractivity contribution in [2.45, 2.75) is 24.8 Å². The first-order valence-corrected chi connectivity index (χ1v) is 7.62. The third-order valence-corrected chi connectivity index (χ3v) is 3.83. The van der Waals surface area contributed by atoms with Crippen LogP contribution in [0.3, 0.4) is 0 Å². The lowest BCUT2D eigenvalue weighted by atomic mass is 10.1. The molecule has 102 valence electrons. The van der Waals surface area contributed by atoms with Crippen molar-refractivity contribution >= 4 is 21.2 Å². The summed E-state index contributed by atoms with van der Waals surface area (Å²) < 4.78 is 22.7. The maximum Gasteiger partial charge on any atom is 0.175 e. The maximum absolute atomic E-state index is 11.3. The molecule has 4 N–H and O–H groups in total. The molecule has 1 rings (SSSR count). The topological polar surface area (TPSA) is 92.4 Å². The molecule has 1 aromatic rings. The van der Waals surface area contributed by atoms with Gasteiger partial charge in [-0.15, -0.1) is 0 Å². The first-order chi connectivity index (χ1) is 8.21. The van der Waals surface area contributed by atoms with Crippen LogP contribution in [0.4, 0.5) is 11.4 Å². The van der Waals surface area contributed by atoms with Crippen LogP contribution in [0.1, 0.15) is 13.8 Å². The Kier molecular flexibility index (Phi) is 4.59. The highest BCUT2D eigenvalue weighted by Crippen LogP contribution is 2.22. The van der Waals surface area contributed by atoms with Gasteiger partial charge in [-0.05, 0) is 24.1 Å². The standard InChI is InChI=1S/C12H20N2O3S/c1-8(2)12(15)7-14-11-5-4-9(6-10(11)13)18(3,16)17/h4-6,8,12,14-15H,7,13H2,1-3H3. The van der Waals surface area contributed by atoms with E-state index >= 15 is 0 Å². The minimum Gasteiger partial charge on any atom is -0.397 e. The number of anilines is 2. The van der Waals surface area contributed by atoms with Crippen molar-refractivity contribution in [3.63, 3.8) is 0 Å². The van der Waals surface area contributed by atoms with Crippen LogP contribution in [0.5, 0.6) is 0 Å². The molecule has 18 heavy (non-hydrogen) atoms. The lowest BCUT2D eigenvalue weighted by molar-refractivity contribution is 0.138. The Morgan fingerprint density at radius 1 is 1.39 bits per heavy atom. The normalized spacial score (nSPS) is 13.6. The Bertz CT molecular complexity index is 512. The van der Waals surface area contributed by atoms with Crippen LogP contribution < -0.4 is 11.1 Å². The van der Waals surface area contributed by atoms with E-state index in [1.165, 1.54) is 12.1 Å². The van der Waals surface area contributed by atoms with Gasteiger partial charge in [0.2, 0.25) is 0 Å². The van der Waals surface area contributed by atoms with Crippen LogP contribution in [0.25, 0.3) is 0 Å². The van der Waals surface area contributed by atoms with Crippen LogP contribution in [-0.4, -0.2) is 32.4 Å². The van der Waals surface area contributed by atoms with E-state index < -0.39 is 15.9 Å². The van der Waals surface area contributed by atoms with Gasteiger partial charge in [-0.3, -0.25) is 0 Å². The van der Waals surface area contributed by atoms with Crippen LogP contribution in [0, 0.1) is 5.92 Å². The van der Waals surface area contributed by atoms with Gasteiger partial charge in [0, 0.05) is 12.8 Å². The molecule has 0 aliphatic carbocycles. The molecule has 1 unspecified atom stereocenters. The Labute approximate surface area is 108 Å². The van der Waals surface area contributed by atoms with Crippen molar-refractivity contribution in [2.75, 3.05) is 23.9 Å². The highest BCUT2D eigenvalue weighted by atomic mass is 32.2. The van der Waals surface area contributed by atoms with E-state index in [0.717, 1.165) is 6.26 Å². The van der Waals surface area contributed by atoms with Crippen LogP contribution in [0.2, 0.25) is 0 Å². The SMILES string of the molecule is CC(C)C(O)CNc1ccc(S(C)(=O)=O)cc1N.